The Balaban J connectivity index is 1.66. The van der Waals surface area contributed by atoms with Gasteiger partial charge in [0.05, 0.1) is 13.7 Å². The lowest BCUT2D eigenvalue weighted by atomic mass is 10.1. The zero-order valence-corrected chi connectivity index (χ0v) is 16.6. The lowest BCUT2D eigenvalue weighted by Crippen LogP contribution is -2.23. The fourth-order valence-electron chi connectivity index (χ4n) is 2.99. The Labute approximate surface area is 169 Å². The van der Waals surface area contributed by atoms with Crippen molar-refractivity contribution < 1.29 is 23.8 Å². The number of benzene rings is 2. The first kappa shape index (κ1) is 20.2. The van der Waals surface area contributed by atoms with E-state index in [2.05, 4.69) is 4.98 Å². The summed E-state index contributed by atoms with van der Waals surface area (Å²) in [6.07, 6.45) is 3.62. The third kappa shape index (κ3) is 4.66. The number of ether oxygens (including phenoxy) is 3. The van der Waals surface area contributed by atoms with Gasteiger partial charge in [-0.25, -0.2) is 4.79 Å². The molecule has 29 heavy (non-hydrogen) atoms. The number of H-pyrrole nitrogens is 1. The van der Waals surface area contributed by atoms with E-state index in [-0.39, 0.29) is 5.78 Å². The highest BCUT2D eigenvalue weighted by Gasteiger charge is 2.21. The van der Waals surface area contributed by atoms with Gasteiger partial charge in [-0.1, -0.05) is 24.3 Å². The summed E-state index contributed by atoms with van der Waals surface area (Å²) in [5.74, 6) is 0.350. The summed E-state index contributed by atoms with van der Waals surface area (Å²) in [6.45, 7) is 3.98. The molecule has 0 aliphatic rings. The van der Waals surface area contributed by atoms with Gasteiger partial charge in [0.15, 0.2) is 17.6 Å². The standard InChI is InChI=1S/C23H23NO5/c1-4-28-20-11-9-16(13-21(20)27-3)10-12-22(25)29-15(2)23(26)18-14-24-19-8-6-5-7-17(18)19/h5-15,24H,4H2,1-3H3/b12-10+/t15-/m0/s1. The Morgan fingerprint density at radius 1 is 1.14 bits per heavy atom. The van der Waals surface area contributed by atoms with Gasteiger partial charge in [0.2, 0.25) is 5.78 Å². The van der Waals surface area contributed by atoms with Crippen molar-refractivity contribution in [1.29, 1.82) is 0 Å². The summed E-state index contributed by atoms with van der Waals surface area (Å²) in [4.78, 5) is 27.9. The minimum atomic E-state index is -0.902. The predicted octanol–water partition coefficient (Wildman–Crippen LogP) is 4.40. The summed E-state index contributed by atoms with van der Waals surface area (Å²) in [7, 11) is 1.55. The molecule has 150 valence electrons. The first-order valence-electron chi connectivity index (χ1n) is 9.33. The van der Waals surface area contributed by atoms with Crippen molar-refractivity contribution in [2.24, 2.45) is 0 Å². The van der Waals surface area contributed by atoms with E-state index in [0.717, 1.165) is 16.5 Å². The molecule has 0 fully saturated rings. The Morgan fingerprint density at radius 3 is 2.69 bits per heavy atom. The maximum absolute atomic E-state index is 12.7. The zero-order chi connectivity index (χ0) is 20.8. The van der Waals surface area contributed by atoms with Crippen LogP contribution in [0, 0.1) is 0 Å². The normalized spacial score (nSPS) is 12.1. The number of carbonyl (C=O) groups is 2. The maximum Gasteiger partial charge on any atom is 0.331 e. The van der Waals surface area contributed by atoms with Crippen molar-refractivity contribution >= 4 is 28.7 Å². The molecule has 2 aromatic carbocycles. The lowest BCUT2D eigenvalue weighted by Gasteiger charge is -2.11. The third-order valence-electron chi connectivity index (χ3n) is 4.42. The fraction of sp³-hybridized carbons (Fsp3) is 0.217. The molecule has 1 atom stereocenters. The molecule has 3 rings (SSSR count). The van der Waals surface area contributed by atoms with Crippen LogP contribution < -0.4 is 9.47 Å². The number of rotatable bonds is 8. The van der Waals surface area contributed by atoms with Crippen LogP contribution in [0.4, 0.5) is 0 Å². The number of ketones is 1. The van der Waals surface area contributed by atoms with E-state index in [4.69, 9.17) is 14.2 Å². The number of esters is 1. The van der Waals surface area contributed by atoms with E-state index >= 15 is 0 Å². The number of aromatic nitrogens is 1. The van der Waals surface area contributed by atoms with Crippen molar-refractivity contribution in [2.45, 2.75) is 20.0 Å². The van der Waals surface area contributed by atoms with Crippen molar-refractivity contribution in [3.63, 3.8) is 0 Å². The van der Waals surface area contributed by atoms with E-state index in [1.54, 1.807) is 44.5 Å². The fourth-order valence-corrected chi connectivity index (χ4v) is 2.99. The molecule has 1 heterocycles. The molecule has 0 spiro atoms. The zero-order valence-electron chi connectivity index (χ0n) is 16.6. The molecule has 0 amide bonds. The molecule has 0 radical (unpaired) electrons. The molecule has 6 heteroatoms. The van der Waals surface area contributed by atoms with Crippen LogP contribution in [0.3, 0.4) is 0 Å². The van der Waals surface area contributed by atoms with Crippen LogP contribution in [0.2, 0.25) is 0 Å². The maximum atomic E-state index is 12.7. The highest BCUT2D eigenvalue weighted by atomic mass is 16.5. The van der Waals surface area contributed by atoms with Gasteiger partial charge >= 0.3 is 5.97 Å². The second-order valence-corrected chi connectivity index (χ2v) is 6.37. The van der Waals surface area contributed by atoms with Crippen LogP contribution in [0.25, 0.3) is 17.0 Å². The number of hydrogen-bond acceptors (Lipinski definition) is 5. The molecule has 3 aromatic rings. The number of fused-ring (bicyclic) bond motifs is 1. The van der Waals surface area contributed by atoms with Crippen molar-refractivity contribution in [3.8, 4) is 11.5 Å². The van der Waals surface area contributed by atoms with Gasteiger partial charge in [0, 0.05) is 28.7 Å². The number of hydrogen-bond donors (Lipinski definition) is 1. The minimum absolute atomic E-state index is 0.257. The predicted molar refractivity (Wildman–Crippen MR) is 111 cm³/mol. The molecule has 0 saturated heterocycles. The van der Waals surface area contributed by atoms with E-state index < -0.39 is 12.1 Å². The summed E-state index contributed by atoms with van der Waals surface area (Å²) < 4.78 is 16.0. The Hall–Kier alpha value is -3.54. The van der Waals surface area contributed by atoms with Gasteiger partial charge in [-0.2, -0.15) is 0 Å². The molecule has 0 aliphatic heterocycles. The molecule has 0 saturated carbocycles. The van der Waals surface area contributed by atoms with Crippen LogP contribution in [-0.2, 0) is 9.53 Å². The van der Waals surface area contributed by atoms with Gasteiger partial charge in [-0.15, -0.1) is 0 Å². The van der Waals surface area contributed by atoms with E-state index in [1.165, 1.54) is 6.08 Å². The largest absolute Gasteiger partial charge is 0.493 e. The second kappa shape index (κ2) is 9.10. The number of nitrogens with one attached hydrogen (secondary N) is 1. The Bertz CT molecular complexity index is 1050. The SMILES string of the molecule is CCOc1ccc(/C=C/C(=O)O[C@@H](C)C(=O)c2c[nH]c3ccccc23)cc1OC. The molecule has 6 nitrogen and oxygen atoms in total. The van der Waals surface area contributed by atoms with Gasteiger partial charge in [0.1, 0.15) is 0 Å². The van der Waals surface area contributed by atoms with Crippen molar-refractivity contribution in [2.75, 3.05) is 13.7 Å². The summed E-state index contributed by atoms with van der Waals surface area (Å²) in [5, 5.41) is 0.803. The van der Waals surface area contributed by atoms with Gasteiger partial charge in [0.25, 0.3) is 0 Å². The number of para-hydroxylation sites is 1. The first-order chi connectivity index (χ1) is 14.0. The molecular weight excluding hydrogens is 370 g/mol. The molecule has 1 aromatic heterocycles. The van der Waals surface area contributed by atoms with E-state index in [1.807, 2.05) is 31.2 Å². The van der Waals surface area contributed by atoms with Crippen LogP contribution in [-0.4, -0.2) is 36.6 Å². The topological polar surface area (TPSA) is 77.6 Å². The molecule has 1 N–H and O–H groups in total. The molecule has 0 unspecified atom stereocenters. The van der Waals surface area contributed by atoms with Gasteiger partial charge < -0.3 is 19.2 Å². The monoisotopic (exact) mass is 393 g/mol. The quantitative estimate of drug-likeness (QED) is 0.349. The number of methoxy groups -OCH3 is 1. The number of aromatic amines is 1. The summed E-state index contributed by atoms with van der Waals surface area (Å²) >= 11 is 0. The van der Waals surface area contributed by atoms with Crippen molar-refractivity contribution in [1.82, 2.24) is 4.98 Å². The highest BCUT2D eigenvalue weighted by molar-refractivity contribution is 6.10. The number of Topliss-reactive ketones (excluding diaryl/α,β-unsaturated/α-hetero) is 1. The second-order valence-electron chi connectivity index (χ2n) is 6.37. The van der Waals surface area contributed by atoms with Gasteiger partial charge in [-0.3, -0.25) is 4.79 Å². The van der Waals surface area contributed by atoms with Gasteiger partial charge in [-0.05, 0) is 43.7 Å². The smallest absolute Gasteiger partial charge is 0.331 e. The Morgan fingerprint density at radius 2 is 1.93 bits per heavy atom. The van der Waals surface area contributed by atoms with Crippen LogP contribution in [0.15, 0.2) is 54.7 Å². The minimum Gasteiger partial charge on any atom is -0.493 e. The summed E-state index contributed by atoms with van der Waals surface area (Å²) in [6, 6.07) is 12.8. The number of carbonyl (C=O) groups excluding carboxylic acids is 2. The van der Waals surface area contributed by atoms with E-state index in [9.17, 15) is 9.59 Å². The Kier molecular flexibility index (Phi) is 6.34. The average molecular weight is 393 g/mol. The third-order valence-corrected chi connectivity index (χ3v) is 4.42. The van der Waals surface area contributed by atoms with Crippen LogP contribution in [0.1, 0.15) is 29.8 Å². The lowest BCUT2D eigenvalue weighted by molar-refractivity contribution is -0.140. The summed E-state index contributed by atoms with van der Waals surface area (Å²) in [5.41, 5.74) is 2.11. The first-order valence-corrected chi connectivity index (χ1v) is 9.33. The van der Waals surface area contributed by atoms with Crippen molar-refractivity contribution in [3.05, 3.63) is 65.9 Å². The van der Waals surface area contributed by atoms with Crippen LogP contribution >= 0.6 is 0 Å². The molecule has 0 aliphatic carbocycles. The van der Waals surface area contributed by atoms with Crippen LogP contribution in [0.5, 0.6) is 11.5 Å². The molecular formula is C23H23NO5. The average Bonchev–Trinajstić information content (AvgIpc) is 3.16. The van der Waals surface area contributed by atoms with E-state index in [0.29, 0.717) is 23.7 Å². The highest BCUT2D eigenvalue weighted by Crippen LogP contribution is 2.28. The molecule has 0 bridgehead atoms.